The first-order chi connectivity index (χ1) is 9.60. The third-order valence-electron chi connectivity index (χ3n) is 2.81. The lowest BCUT2D eigenvalue weighted by atomic mass is 10.2. The first-order valence-corrected chi connectivity index (χ1v) is 6.59. The summed E-state index contributed by atoms with van der Waals surface area (Å²) >= 11 is 5.72. The number of benzene rings is 1. The maximum Gasteiger partial charge on any atom is 0.227 e. The molecule has 1 N–H and O–H groups in total. The van der Waals surface area contributed by atoms with E-state index < -0.39 is 0 Å². The van der Waals surface area contributed by atoms with Gasteiger partial charge in [-0.2, -0.15) is 0 Å². The van der Waals surface area contributed by atoms with Crippen LogP contribution in [0.3, 0.4) is 0 Å². The average Bonchev–Trinajstić information content (AvgIpc) is 2.49. The largest absolute Gasteiger partial charge is 0.324 e. The summed E-state index contributed by atoms with van der Waals surface area (Å²) in [7, 11) is 1.76. The molecule has 104 valence electrons. The lowest BCUT2D eigenvalue weighted by Crippen LogP contribution is -2.24. The van der Waals surface area contributed by atoms with Crippen molar-refractivity contribution in [3.63, 3.8) is 0 Å². The van der Waals surface area contributed by atoms with Gasteiger partial charge >= 0.3 is 0 Å². The Bertz CT molecular complexity index is 583. The molecule has 0 unspecified atom stereocenters. The van der Waals surface area contributed by atoms with Crippen molar-refractivity contribution in [3.8, 4) is 0 Å². The maximum atomic E-state index is 11.6. The van der Waals surface area contributed by atoms with E-state index in [4.69, 9.17) is 11.6 Å². The first-order valence-electron chi connectivity index (χ1n) is 6.21. The molecule has 0 aliphatic rings. The van der Waals surface area contributed by atoms with Crippen LogP contribution in [0.1, 0.15) is 13.3 Å². The quantitative estimate of drug-likeness (QED) is 0.939. The highest BCUT2D eigenvalue weighted by Gasteiger charge is 2.08. The first kappa shape index (κ1) is 14.3. The summed E-state index contributed by atoms with van der Waals surface area (Å²) in [6.07, 6.45) is 3.53. The zero-order valence-electron chi connectivity index (χ0n) is 11.3. The van der Waals surface area contributed by atoms with Crippen molar-refractivity contribution >= 4 is 34.8 Å². The number of aromatic nitrogens is 2. The van der Waals surface area contributed by atoms with Crippen LogP contribution in [0.2, 0.25) is 5.02 Å². The summed E-state index contributed by atoms with van der Waals surface area (Å²) in [5, 5.41) is 3.55. The topological polar surface area (TPSA) is 58.1 Å². The highest BCUT2D eigenvalue weighted by Crippen LogP contribution is 2.19. The maximum absolute atomic E-state index is 11.6. The lowest BCUT2D eigenvalue weighted by Gasteiger charge is -2.16. The average molecular weight is 291 g/mol. The van der Waals surface area contributed by atoms with Gasteiger partial charge in [0.05, 0.1) is 17.4 Å². The monoisotopic (exact) mass is 290 g/mol. The summed E-state index contributed by atoms with van der Waals surface area (Å²) in [6, 6.07) is 7.47. The molecule has 0 atom stereocenters. The summed E-state index contributed by atoms with van der Waals surface area (Å²) < 4.78 is 0. The minimum absolute atomic E-state index is 0.0757. The number of halogens is 1. The van der Waals surface area contributed by atoms with Crippen LogP contribution in [0.15, 0.2) is 36.7 Å². The van der Waals surface area contributed by atoms with E-state index in [0.717, 1.165) is 11.4 Å². The number of hydrogen-bond donors (Lipinski definition) is 1. The Hall–Kier alpha value is -2.14. The van der Waals surface area contributed by atoms with E-state index in [1.54, 1.807) is 11.9 Å². The molecule has 0 saturated carbocycles. The van der Waals surface area contributed by atoms with Gasteiger partial charge < -0.3 is 10.2 Å². The summed E-state index contributed by atoms with van der Waals surface area (Å²) in [4.78, 5) is 21.3. The van der Waals surface area contributed by atoms with E-state index in [2.05, 4.69) is 15.3 Å². The van der Waals surface area contributed by atoms with Crippen LogP contribution in [0.25, 0.3) is 0 Å². The highest BCUT2D eigenvalue weighted by molar-refractivity contribution is 6.30. The summed E-state index contributed by atoms with van der Waals surface area (Å²) in [5.74, 6) is 0.548. The molecule has 0 aliphatic heterocycles. The molecular formula is C14H15ClN4O. The van der Waals surface area contributed by atoms with Crippen molar-refractivity contribution in [2.24, 2.45) is 0 Å². The molecule has 2 rings (SSSR count). The third kappa shape index (κ3) is 3.45. The number of rotatable bonds is 4. The number of nitrogens with one attached hydrogen (secondary N) is 1. The van der Waals surface area contributed by atoms with Crippen molar-refractivity contribution in [2.45, 2.75) is 13.3 Å². The highest BCUT2D eigenvalue weighted by atomic mass is 35.5. The SMILES string of the molecule is CCC(=O)N(C)c1ccc(Nc2ncc(Cl)cn2)cc1. The van der Waals surface area contributed by atoms with E-state index in [1.165, 1.54) is 12.4 Å². The fourth-order valence-corrected chi connectivity index (χ4v) is 1.75. The van der Waals surface area contributed by atoms with Crippen LogP contribution >= 0.6 is 11.6 Å². The Labute approximate surface area is 122 Å². The number of anilines is 3. The van der Waals surface area contributed by atoms with Gasteiger partial charge in [-0.15, -0.1) is 0 Å². The Kier molecular flexibility index (Phi) is 4.53. The molecule has 6 heteroatoms. The van der Waals surface area contributed by atoms with Crippen LogP contribution in [0, 0.1) is 0 Å². The van der Waals surface area contributed by atoms with Crippen LogP contribution in [0.4, 0.5) is 17.3 Å². The van der Waals surface area contributed by atoms with Gasteiger partial charge in [0.25, 0.3) is 0 Å². The van der Waals surface area contributed by atoms with E-state index in [1.807, 2.05) is 31.2 Å². The smallest absolute Gasteiger partial charge is 0.227 e. The predicted molar refractivity (Wildman–Crippen MR) is 80.5 cm³/mol. The number of amides is 1. The fourth-order valence-electron chi connectivity index (χ4n) is 1.66. The van der Waals surface area contributed by atoms with Crippen LogP contribution < -0.4 is 10.2 Å². The second kappa shape index (κ2) is 6.34. The molecule has 0 saturated heterocycles. The van der Waals surface area contributed by atoms with Gasteiger partial charge in [0.1, 0.15) is 0 Å². The minimum atomic E-state index is 0.0757. The van der Waals surface area contributed by atoms with Gasteiger partial charge in [-0.3, -0.25) is 4.79 Å². The van der Waals surface area contributed by atoms with E-state index in [0.29, 0.717) is 17.4 Å². The van der Waals surface area contributed by atoms with Crippen LogP contribution in [-0.4, -0.2) is 22.9 Å². The number of carbonyl (C=O) groups excluding carboxylic acids is 1. The lowest BCUT2D eigenvalue weighted by molar-refractivity contribution is -0.118. The van der Waals surface area contributed by atoms with Gasteiger partial charge in [0.2, 0.25) is 11.9 Å². The summed E-state index contributed by atoms with van der Waals surface area (Å²) in [5.41, 5.74) is 1.69. The minimum Gasteiger partial charge on any atom is -0.324 e. The molecule has 0 aliphatic carbocycles. The third-order valence-corrected chi connectivity index (χ3v) is 3.00. The molecule has 1 aromatic carbocycles. The van der Waals surface area contributed by atoms with Gasteiger partial charge in [0.15, 0.2) is 0 Å². The van der Waals surface area contributed by atoms with E-state index >= 15 is 0 Å². The van der Waals surface area contributed by atoms with Gasteiger partial charge in [-0.25, -0.2) is 9.97 Å². The fraction of sp³-hybridized carbons (Fsp3) is 0.214. The normalized spacial score (nSPS) is 10.2. The molecule has 1 aromatic heterocycles. The predicted octanol–water partition coefficient (Wildman–Crippen LogP) is 3.25. The molecule has 20 heavy (non-hydrogen) atoms. The summed E-state index contributed by atoms with van der Waals surface area (Å²) in [6.45, 7) is 1.84. The second-order valence-electron chi connectivity index (χ2n) is 4.20. The Morgan fingerprint density at radius 3 is 2.40 bits per heavy atom. The van der Waals surface area contributed by atoms with Crippen LogP contribution in [0.5, 0.6) is 0 Å². The van der Waals surface area contributed by atoms with E-state index in [9.17, 15) is 4.79 Å². The Morgan fingerprint density at radius 2 is 1.85 bits per heavy atom. The second-order valence-corrected chi connectivity index (χ2v) is 4.64. The molecule has 2 aromatic rings. The number of nitrogens with zero attached hydrogens (tertiary/aromatic N) is 3. The standard InChI is InChI=1S/C14H15ClN4O/c1-3-13(20)19(2)12-6-4-11(5-7-12)18-14-16-8-10(15)9-17-14/h4-9H,3H2,1-2H3,(H,16,17,18). The molecule has 1 heterocycles. The van der Waals surface area contributed by atoms with Crippen LogP contribution in [-0.2, 0) is 4.79 Å². The molecular weight excluding hydrogens is 276 g/mol. The Balaban J connectivity index is 2.08. The van der Waals surface area contributed by atoms with Crippen molar-refractivity contribution in [1.29, 1.82) is 0 Å². The van der Waals surface area contributed by atoms with Gasteiger partial charge in [-0.1, -0.05) is 18.5 Å². The molecule has 0 spiro atoms. The van der Waals surface area contributed by atoms with Crippen molar-refractivity contribution < 1.29 is 4.79 Å². The van der Waals surface area contributed by atoms with Crippen molar-refractivity contribution in [2.75, 3.05) is 17.3 Å². The van der Waals surface area contributed by atoms with Gasteiger partial charge in [-0.05, 0) is 24.3 Å². The molecule has 0 fully saturated rings. The molecule has 0 radical (unpaired) electrons. The number of hydrogen-bond acceptors (Lipinski definition) is 4. The number of carbonyl (C=O) groups is 1. The van der Waals surface area contributed by atoms with Gasteiger partial charge in [0, 0.05) is 24.8 Å². The molecule has 1 amide bonds. The molecule has 5 nitrogen and oxygen atoms in total. The molecule has 0 bridgehead atoms. The Morgan fingerprint density at radius 1 is 1.25 bits per heavy atom. The van der Waals surface area contributed by atoms with Crippen molar-refractivity contribution in [1.82, 2.24) is 9.97 Å². The zero-order chi connectivity index (χ0) is 14.5. The van der Waals surface area contributed by atoms with E-state index in [-0.39, 0.29) is 5.91 Å². The zero-order valence-corrected chi connectivity index (χ0v) is 12.1. The van der Waals surface area contributed by atoms with Crippen molar-refractivity contribution in [3.05, 3.63) is 41.7 Å².